The van der Waals surface area contributed by atoms with Gasteiger partial charge in [-0.05, 0) is 35.4 Å². The van der Waals surface area contributed by atoms with Crippen molar-refractivity contribution < 1.29 is 9.13 Å². The van der Waals surface area contributed by atoms with E-state index in [0.717, 1.165) is 22.8 Å². The van der Waals surface area contributed by atoms with E-state index >= 15 is 0 Å². The maximum Gasteiger partial charge on any atom is 0.193 e. The molecule has 1 N–H and O–H groups in total. The Kier molecular flexibility index (Phi) is 8.53. The van der Waals surface area contributed by atoms with Gasteiger partial charge in [0.05, 0.1) is 7.11 Å². The molecule has 0 radical (unpaired) electrons. The predicted octanol–water partition coefficient (Wildman–Crippen LogP) is 3.66. The smallest absolute Gasteiger partial charge is 0.193 e. The van der Waals surface area contributed by atoms with Gasteiger partial charge in [0, 0.05) is 27.2 Å². The van der Waals surface area contributed by atoms with Crippen LogP contribution >= 0.6 is 24.0 Å². The topological polar surface area (TPSA) is 36.9 Å². The van der Waals surface area contributed by atoms with Crippen LogP contribution < -0.4 is 10.1 Å². The normalized spacial score (nSPS) is 10.8. The van der Waals surface area contributed by atoms with E-state index in [4.69, 9.17) is 4.74 Å². The summed E-state index contributed by atoms with van der Waals surface area (Å²) in [6.07, 6.45) is 0. The van der Waals surface area contributed by atoms with Crippen LogP contribution in [-0.4, -0.2) is 32.1 Å². The number of hydrogen-bond donors (Lipinski definition) is 1. The summed E-state index contributed by atoms with van der Waals surface area (Å²) in [5.74, 6) is 1.38. The Labute approximate surface area is 159 Å². The number of methoxy groups -OCH3 is 1. The lowest BCUT2D eigenvalue weighted by Crippen LogP contribution is -2.38. The van der Waals surface area contributed by atoms with Gasteiger partial charge in [-0.15, -0.1) is 24.0 Å². The number of ether oxygens (including phenoxy) is 1. The number of nitrogens with one attached hydrogen (secondary N) is 1. The van der Waals surface area contributed by atoms with Crippen molar-refractivity contribution in [1.82, 2.24) is 10.2 Å². The zero-order valence-corrected chi connectivity index (χ0v) is 16.5. The first-order valence-corrected chi connectivity index (χ1v) is 7.41. The SMILES string of the molecule is CN=C(NCc1cccc(OC)c1)N(C)Cc1ccc(F)cc1.I. The molecular weight excluding hydrogens is 420 g/mol. The molecule has 0 saturated carbocycles. The van der Waals surface area contributed by atoms with Crippen LogP contribution in [0, 0.1) is 5.82 Å². The van der Waals surface area contributed by atoms with E-state index in [0.29, 0.717) is 13.1 Å². The van der Waals surface area contributed by atoms with E-state index in [-0.39, 0.29) is 29.8 Å². The van der Waals surface area contributed by atoms with Crippen molar-refractivity contribution in [2.45, 2.75) is 13.1 Å². The van der Waals surface area contributed by atoms with Gasteiger partial charge in [-0.1, -0.05) is 24.3 Å². The van der Waals surface area contributed by atoms with E-state index in [2.05, 4.69) is 10.3 Å². The van der Waals surface area contributed by atoms with Gasteiger partial charge >= 0.3 is 0 Å². The minimum atomic E-state index is -0.225. The van der Waals surface area contributed by atoms with Crippen LogP contribution in [0.1, 0.15) is 11.1 Å². The first-order valence-electron chi connectivity index (χ1n) is 7.41. The Morgan fingerprint density at radius 3 is 2.50 bits per heavy atom. The van der Waals surface area contributed by atoms with Gasteiger partial charge in [-0.25, -0.2) is 4.39 Å². The average Bonchev–Trinajstić information content (AvgIpc) is 2.57. The molecule has 6 heteroatoms. The van der Waals surface area contributed by atoms with Crippen molar-refractivity contribution in [3.8, 4) is 5.75 Å². The molecule has 0 aliphatic rings. The summed E-state index contributed by atoms with van der Waals surface area (Å²) in [6.45, 7) is 1.30. The highest BCUT2D eigenvalue weighted by Crippen LogP contribution is 2.12. The summed E-state index contributed by atoms with van der Waals surface area (Å²) in [6, 6.07) is 14.4. The number of halogens is 2. The second-order valence-corrected chi connectivity index (χ2v) is 5.23. The number of nitrogens with zero attached hydrogens (tertiary/aromatic N) is 2. The van der Waals surface area contributed by atoms with Crippen LogP contribution in [0.3, 0.4) is 0 Å². The van der Waals surface area contributed by atoms with Crippen molar-refractivity contribution in [3.05, 3.63) is 65.5 Å². The summed E-state index contributed by atoms with van der Waals surface area (Å²) >= 11 is 0. The van der Waals surface area contributed by atoms with Crippen molar-refractivity contribution in [2.75, 3.05) is 21.2 Å². The van der Waals surface area contributed by atoms with Gasteiger partial charge in [0.15, 0.2) is 5.96 Å². The number of aliphatic imine (C=N–C) groups is 1. The second kappa shape index (κ2) is 10.1. The maximum atomic E-state index is 13.0. The van der Waals surface area contributed by atoms with Crippen LogP contribution in [0.5, 0.6) is 5.75 Å². The maximum absolute atomic E-state index is 13.0. The zero-order chi connectivity index (χ0) is 16.7. The van der Waals surface area contributed by atoms with Crippen molar-refractivity contribution in [1.29, 1.82) is 0 Å². The summed E-state index contributed by atoms with van der Waals surface area (Å²) < 4.78 is 18.2. The van der Waals surface area contributed by atoms with Crippen LogP contribution in [0.2, 0.25) is 0 Å². The average molecular weight is 443 g/mol. The summed E-state index contributed by atoms with van der Waals surface area (Å²) in [4.78, 5) is 6.28. The van der Waals surface area contributed by atoms with Crippen LogP contribution in [0.4, 0.5) is 4.39 Å². The molecular formula is C18H23FIN3O. The van der Waals surface area contributed by atoms with Gasteiger partial charge in [0.2, 0.25) is 0 Å². The molecule has 0 saturated heterocycles. The van der Waals surface area contributed by atoms with Gasteiger partial charge in [-0.3, -0.25) is 4.99 Å². The number of benzene rings is 2. The fourth-order valence-corrected chi connectivity index (χ4v) is 2.29. The molecule has 0 atom stereocenters. The minimum absolute atomic E-state index is 0. The lowest BCUT2D eigenvalue weighted by atomic mass is 10.2. The van der Waals surface area contributed by atoms with Crippen molar-refractivity contribution in [2.24, 2.45) is 4.99 Å². The van der Waals surface area contributed by atoms with Gasteiger partial charge < -0.3 is 15.0 Å². The number of rotatable bonds is 5. The molecule has 0 unspecified atom stereocenters. The van der Waals surface area contributed by atoms with Gasteiger partial charge in [-0.2, -0.15) is 0 Å². The molecule has 4 nitrogen and oxygen atoms in total. The van der Waals surface area contributed by atoms with Crippen molar-refractivity contribution in [3.63, 3.8) is 0 Å². The van der Waals surface area contributed by atoms with Crippen molar-refractivity contribution >= 4 is 29.9 Å². The standard InChI is InChI=1S/C18H22FN3O.HI/c1-20-18(21-12-15-5-4-6-17(11-15)23-3)22(2)13-14-7-9-16(19)10-8-14;/h4-11H,12-13H2,1-3H3,(H,20,21);1H. The Hall–Kier alpha value is -1.83. The third kappa shape index (κ3) is 5.99. The molecule has 24 heavy (non-hydrogen) atoms. The molecule has 2 aromatic rings. The molecule has 2 aromatic carbocycles. The lowest BCUT2D eigenvalue weighted by Gasteiger charge is -2.22. The van der Waals surface area contributed by atoms with E-state index in [1.807, 2.05) is 36.2 Å². The predicted molar refractivity (Wildman–Crippen MR) is 106 cm³/mol. The van der Waals surface area contributed by atoms with E-state index in [1.54, 1.807) is 26.3 Å². The van der Waals surface area contributed by atoms with E-state index < -0.39 is 0 Å². The third-order valence-electron chi connectivity index (χ3n) is 3.49. The highest BCUT2D eigenvalue weighted by Gasteiger charge is 2.07. The van der Waals surface area contributed by atoms with Gasteiger partial charge in [0.1, 0.15) is 11.6 Å². The molecule has 0 fully saturated rings. The lowest BCUT2D eigenvalue weighted by molar-refractivity contribution is 0.414. The minimum Gasteiger partial charge on any atom is -0.497 e. The second-order valence-electron chi connectivity index (χ2n) is 5.23. The Balaban J connectivity index is 0.00000288. The molecule has 0 bridgehead atoms. The quantitative estimate of drug-likeness (QED) is 0.436. The van der Waals surface area contributed by atoms with Crippen LogP contribution in [0.25, 0.3) is 0 Å². The molecule has 0 aliphatic carbocycles. The first-order chi connectivity index (χ1) is 11.1. The monoisotopic (exact) mass is 443 g/mol. The van der Waals surface area contributed by atoms with Gasteiger partial charge in [0.25, 0.3) is 0 Å². The highest BCUT2D eigenvalue weighted by atomic mass is 127. The summed E-state index contributed by atoms with van der Waals surface area (Å²) in [7, 11) is 5.35. The fraction of sp³-hybridized carbons (Fsp3) is 0.278. The molecule has 130 valence electrons. The molecule has 2 rings (SSSR count). The molecule has 0 spiro atoms. The number of guanidine groups is 1. The van der Waals surface area contributed by atoms with E-state index in [9.17, 15) is 4.39 Å². The van der Waals surface area contributed by atoms with Crippen LogP contribution in [0.15, 0.2) is 53.5 Å². The Bertz CT molecular complexity index is 662. The molecule has 0 heterocycles. The first kappa shape index (κ1) is 20.2. The Morgan fingerprint density at radius 2 is 1.88 bits per heavy atom. The molecule has 0 aromatic heterocycles. The summed E-state index contributed by atoms with van der Waals surface area (Å²) in [5.41, 5.74) is 2.14. The molecule has 0 aliphatic heterocycles. The molecule has 0 amide bonds. The highest BCUT2D eigenvalue weighted by molar-refractivity contribution is 14.0. The summed E-state index contributed by atoms with van der Waals surface area (Å²) in [5, 5.41) is 3.31. The number of hydrogen-bond acceptors (Lipinski definition) is 2. The fourth-order valence-electron chi connectivity index (χ4n) is 2.29. The largest absolute Gasteiger partial charge is 0.497 e. The third-order valence-corrected chi connectivity index (χ3v) is 3.49. The van der Waals surface area contributed by atoms with Crippen LogP contribution in [-0.2, 0) is 13.1 Å². The zero-order valence-electron chi connectivity index (χ0n) is 14.1. The Morgan fingerprint density at radius 1 is 1.17 bits per heavy atom. The van der Waals surface area contributed by atoms with E-state index in [1.165, 1.54) is 12.1 Å².